The monoisotopic (exact) mass is 553 g/mol. The van der Waals surface area contributed by atoms with E-state index in [1.54, 1.807) is 24.3 Å². The molecule has 0 aliphatic carbocycles. The minimum Gasteiger partial charge on any atom is -0.321 e. The number of thiophene rings is 2. The summed E-state index contributed by atoms with van der Waals surface area (Å²) in [5.74, 6) is -1.35. The average molecular weight is 554 g/mol. The highest BCUT2D eigenvalue weighted by Gasteiger charge is 2.19. The Kier molecular flexibility index (Phi) is 6.68. The van der Waals surface area contributed by atoms with Crippen molar-refractivity contribution in [3.05, 3.63) is 97.7 Å². The van der Waals surface area contributed by atoms with Crippen LogP contribution in [0.1, 0.15) is 35.3 Å². The van der Waals surface area contributed by atoms with Crippen molar-refractivity contribution < 1.29 is 14.4 Å². The van der Waals surface area contributed by atoms with Gasteiger partial charge in [0.15, 0.2) is 0 Å². The zero-order chi connectivity index (χ0) is 25.4. The number of benzene rings is 3. The first-order chi connectivity index (χ1) is 17.3. The molecule has 2 heterocycles. The Morgan fingerprint density at radius 1 is 0.694 bits per heavy atom. The van der Waals surface area contributed by atoms with Crippen molar-refractivity contribution >= 4 is 89.5 Å². The summed E-state index contributed by atoms with van der Waals surface area (Å²) in [4.78, 5) is 38.6. The lowest BCUT2D eigenvalue weighted by molar-refractivity contribution is 0.0849. The lowest BCUT2D eigenvalue weighted by atomic mass is 10.2. The zero-order valence-electron chi connectivity index (χ0n) is 18.6. The number of amides is 3. The quantitative estimate of drug-likeness (QED) is 0.208. The summed E-state index contributed by atoms with van der Waals surface area (Å²) >= 11 is 15.3. The van der Waals surface area contributed by atoms with Crippen LogP contribution in [0.15, 0.2) is 66.7 Å². The van der Waals surface area contributed by atoms with Gasteiger partial charge < -0.3 is 5.32 Å². The van der Waals surface area contributed by atoms with Crippen LogP contribution in [0.3, 0.4) is 0 Å². The van der Waals surface area contributed by atoms with E-state index in [4.69, 9.17) is 23.2 Å². The lowest BCUT2D eigenvalue weighted by Crippen LogP contribution is -2.41. The van der Waals surface area contributed by atoms with Crippen molar-refractivity contribution in [3.63, 3.8) is 0 Å². The first-order valence-corrected chi connectivity index (χ1v) is 13.1. The maximum atomic E-state index is 12.7. The zero-order valence-corrected chi connectivity index (χ0v) is 21.8. The first-order valence-electron chi connectivity index (χ1n) is 10.7. The highest BCUT2D eigenvalue weighted by molar-refractivity contribution is 7.22. The molecule has 0 aliphatic rings. The number of rotatable bonds is 4. The number of carbonyl (C=O) groups is 3. The van der Waals surface area contributed by atoms with Gasteiger partial charge in [-0.15, -0.1) is 22.7 Å². The molecule has 3 aromatic carbocycles. The molecule has 0 atom stereocenters. The maximum absolute atomic E-state index is 12.7. The smallest absolute Gasteiger partial charge is 0.281 e. The molecule has 5 aromatic rings. The fraction of sp³-hybridized carbons (Fsp3) is 0.0385. The van der Waals surface area contributed by atoms with Crippen LogP contribution in [0.5, 0.6) is 0 Å². The fourth-order valence-electron chi connectivity index (χ4n) is 3.61. The second-order valence-electron chi connectivity index (χ2n) is 7.93. The number of aryl methyl sites for hydroxylation is 1. The van der Waals surface area contributed by atoms with Crippen LogP contribution in [0.2, 0.25) is 10.0 Å². The van der Waals surface area contributed by atoms with Gasteiger partial charge in [0, 0.05) is 31.4 Å². The molecule has 180 valence electrons. The van der Waals surface area contributed by atoms with Gasteiger partial charge in [0.25, 0.3) is 17.7 Å². The number of nitrogens with one attached hydrogen (secondary N) is 3. The molecule has 0 aliphatic heterocycles. The molecule has 10 heteroatoms. The molecule has 0 bridgehead atoms. The van der Waals surface area contributed by atoms with E-state index >= 15 is 0 Å². The second-order valence-corrected chi connectivity index (χ2v) is 10.8. The summed E-state index contributed by atoms with van der Waals surface area (Å²) < 4.78 is 1.82. The van der Waals surface area contributed by atoms with Gasteiger partial charge >= 0.3 is 0 Å². The molecule has 0 fully saturated rings. The van der Waals surface area contributed by atoms with Gasteiger partial charge in [-0.3, -0.25) is 25.2 Å². The summed E-state index contributed by atoms with van der Waals surface area (Å²) in [6.45, 7) is 1.96. The van der Waals surface area contributed by atoms with Gasteiger partial charge in [0.05, 0.1) is 10.0 Å². The van der Waals surface area contributed by atoms with E-state index < -0.39 is 11.8 Å². The van der Waals surface area contributed by atoms with Gasteiger partial charge in [-0.1, -0.05) is 53.5 Å². The third-order valence-electron chi connectivity index (χ3n) is 5.43. The number of anilines is 1. The van der Waals surface area contributed by atoms with Gasteiger partial charge in [-0.2, -0.15) is 0 Å². The fourth-order valence-corrected chi connectivity index (χ4v) is 6.54. The number of hydrogen-bond donors (Lipinski definition) is 3. The predicted molar refractivity (Wildman–Crippen MR) is 148 cm³/mol. The van der Waals surface area contributed by atoms with E-state index in [2.05, 4.69) is 16.2 Å². The van der Waals surface area contributed by atoms with Gasteiger partial charge in [0.2, 0.25) is 0 Å². The number of halogens is 2. The first kappa shape index (κ1) is 24.3. The molecule has 5 rings (SSSR count). The van der Waals surface area contributed by atoms with Crippen LogP contribution in [0.25, 0.3) is 20.2 Å². The molecule has 0 spiro atoms. The molecule has 6 nitrogen and oxygen atoms in total. The second kappa shape index (κ2) is 9.91. The summed E-state index contributed by atoms with van der Waals surface area (Å²) in [7, 11) is 0. The van der Waals surface area contributed by atoms with Crippen LogP contribution in [-0.2, 0) is 0 Å². The van der Waals surface area contributed by atoms with Crippen LogP contribution in [-0.4, -0.2) is 17.7 Å². The van der Waals surface area contributed by atoms with Crippen molar-refractivity contribution in [2.45, 2.75) is 6.92 Å². The molecular formula is C26H17Cl2N3O3S2. The van der Waals surface area contributed by atoms with Crippen molar-refractivity contribution in [1.82, 2.24) is 10.9 Å². The number of hydrazine groups is 1. The molecule has 3 amide bonds. The minimum absolute atomic E-state index is 0.297. The SMILES string of the molecule is Cc1ccc2c(Cl)c(C(=O)NNC(=O)c3ccc(NC(=O)c4sc5ccccc5c4Cl)cc3)sc2c1. The van der Waals surface area contributed by atoms with E-state index in [1.165, 1.54) is 22.7 Å². The standard InChI is InChI=1S/C26H17Cl2N3O3S2/c1-13-6-11-17-19(12-13)36-23(21(17)28)26(34)31-30-24(32)14-7-9-15(10-8-14)29-25(33)22-20(27)16-4-2-3-5-18(16)35-22/h2-12H,1H3,(H,29,33)(H,30,32)(H,31,34). The Hall–Kier alpha value is -3.43. The van der Waals surface area contributed by atoms with Gasteiger partial charge in [-0.25, -0.2) is 0 Å². The Bertz CT molecular complexity index is 1660. The van der Waals surface area contributed by atoms with E-state index in [-0.39, 0.29) is 5.91 Å². The summed E-state index contributed by atoms with van der Waals surface area (Å²) in [6, 6.07) is 19.6. The van der Waals surface area contributed by atoms with Crippen LogP contribution >= 0.6 is 45.9 Å². The van der Waals surface area contributed by atoms with E-state index in [9.17, 15) is 14.4 Å². The molecule has 36 heavy (non-hydrogen) atoms. The number of hydrogen-bond acceptors (Lipinski definition) is 5. The Balaban J connectivity index is 1.22. The van der Waals surface area contributed by atoms with Crippen molar-refractivity contribution in [3.8, 4) is 0 Å². The molecule has 3 N–H and O–H groups in total. The lowest BCUT2D eigenvalue weighted by Gasteiger charge is -2.08. The topological polar surface area (TPSA) is 87.3 Å². The summed E-state index contributed by atoms with van der Waals surface area (Å²) in [5, 5.41) is 5.17. The highest BCUT2D eigenvalue weighted by Crippen LogP contribution is 2.36. The van der Waals surface area contributed by atoms with E-state index in [1.807, 2.05) is 49.4 Å². The van der Waals surface area contributed by atoms with Gasteiger partial charge in [-0.05, 0) is 48.9 Å². The molecule has 2 aromatic heterocycles. The number of carbonyl (C=O) groups excluding carboxylic acids is 3. The Morgan fingerprint density at radius 3 is 2.03 bits per heavy atom. The highest BCUT2D eigenvalue weighted by atomic mass is 35.5. The predicted octanol–water partition coefficient (Wildman–Crippen LogP) is 7.06. The normalized spacial score (nSPS) is 11.0. The van der Waals surface area contributed by atoms with Crippen LogP contribution < -0.4 is 16.2 Å². The summed E-state index contributed by atoms with van der Waals surface area (Å²) in [5.41, 5.74) is 6.66. The molecule has 0 radical (unpaired) electrons. The van der Waals surface area contributed by atoms with E-state index in [0.29, 0.717) is 31.1 Å². The van der Waals surface area contributed by atoms with Crippen LogP contribution in [0, 0.1) is 6.92 Å². The molecule has 0 saturated carbocycles. The third kappa shape index (κ3) is 4.68. The van der Waals surface area contributed by atoms with Crippen molar-refractivity contribution in [2.24, 2.45) is 0 Å². The van der Waals surface area contributed by atoms with Gasteiger partial charge in [0.1, 0.15) is 9.75 Å². The Labute approximate surface area is 223 Å². The van der Waals surface area contributed by atoms with Crippen molar-refractivity contribution in [1.29, 1.82) is 0 Å². The van der Waals surface area contributed by atoms with Crippen LogP contribution in [0.4, 0.5) is 5.69 Å². The summed E-state index contributed by atoms with van der Waals surface area (Å²) in [6.07, 6.45) is 0. The number of fused-ring (bicyclic) bond motifs is 2. The minimum atomic E-state index is -0.512. The molecule has 0 unspecified atom stereocenters. The average Bonchev–Trinajstić information content (AvgIpc) is 3.39. The Morgan fingerprint density at radius 2 is 1.31 bits per heavy atom. The molecular weight excluding hydrogens is 537 g/mol. The maximum Gasteiger partial charge on any atom is 0.281 e. The molecule has 0 saturated heterocycles. The largest absolute Gasteiger partial charge is 0.321 e. The van der Waals surface area contributed by atoms with E-state index in [0.717, 1.165) is 25.7 Å². The van der Waals surface area contributed by atoms with Crippen molar-refractivity contribution in [2.75, 3.05) is 5.32 Å². The third-order valence-corrected chi connectivity index (χ3v) is 8.76.